The molecule has 0 aliphatic carbocycles. The molecule has 1 aromatic carbocycles. The van der Waals surface area contributed by atoms with Gasteiger partial charge in [-0.25, -0.2) is 0 Å². The van der Waals surface area contributed by atoms with E-state index in [0.717, 1.165) is 12.2 Å². The van der Waals surface area contributed by atoms with Crippen molar-refractivity contribution in [1.29, 1.82) is 0 Å². The molecule has 21 heavy (non-hydrogen) atoms. The second-order valence-corrected chi connectivity index (χ2v) is 5.99. The fourth-order valence-corrected chi connectivity index (χ4v) is 2.79. The summed E-state index contributed by atoms with van der Waals surface area (Å²) in [5.74, 6) is 0.0419. The van der Waals surface area contributed by atoms with E-state index in [1.54, 1.807) is 0 Å². The predicted octanol–water partition coefficient (Wildman–Crippen LogP) is 2.47. The minimum absolute atomic E-state index is 0.0271. The number of carbonyl (C=O) groups excluding carboxylic acids is 1. The van der Waals surface area contributed by atoms with E-state index >= 15 is 0 Å². The summed E-state index contributed by atoms with van der Waals surface area (Å²) in [6.07, 6.45) is 3.96. The molecule has 1 aliphatic rings. The van der Waals surface area contributed by atoms with Gasteiger partial charge in [-0.1, -0.05) is 25.5 Å². The highest BCUT2D eigenvalue weighted by molar-refractivity contribution is 5.92. The molecule has 1 saturated heterocycles. The Morgan fingerprint density at radius 1 is 1.29 bits per heavy atom. The van der Waals surface area contributed by atoms with E-state index in [-0.39, 0.29) is 11.8 Å². The number of anilines is 1. The summed E-state index contributed by atoms with van der Waals surface area (Å²) in [6.45, 7) is 5.99. The van der Waals surface area contributed by atoms with Crippen LogP contribution in [-0.4, -0.2) is 37.5 Å². The Labute approximate surface area is 127 Å². The van der Waals surface area contributed by atoms with Gasteiger partial charge in [0.2, 0.25) is 5.91 Å². The van der Waals surface area contributed by atoms with Crippen molar-refractivity contribution in [2.24, 2.45) is 5.92 Å². The summed E-state index contributed by atoms with van der Waals surface area (Å²) >= 11 is 0. The number of carbonyl (C=O) groups is 1. The Hall–Kier alpha value is -1.39. The van der Waals surface area contributed by atoms with Crippen molar-refractivity contribution in [3.8, 4) is 0 Å². The lowest BCUT2D eigenvalue weighted by molar-refractivity contribution is -0.119. The van der Waals surface area contributed by atoms with Crippen LogP contribution in [0.4, 0.5) is 5.69 Å². The molecule has 116 valence electrons. The summed E-state index contributed by atoms with van der Waals surface area (Å²) in [7, 11) is 1.86. The van der Waals surface area contributed by atoms with Gasteiger partial charge >= 0.3 is 0 Å². The lowest BCUT2D eigenvalue weighted by Crippen LogP contribution is -2.29. The summed E-state index contributed by atoms with van der Waals surface area (Å²) in [6, 6.07) is 8.22. The molecular weight excluding hydrogens is 262 g/mol. The molecule has 1 atom stereocenters. The smallest absolute Gasteiger partial charge is 0.228 e. The number of nitrogens with one attached hydrogen (secondary N) is 2. The zero-order valence-corrected chi connectivity index (χ0v) is 13.2. The van der Waals surface area contributed by atoms with Crippen LogP contribution in [0.3, 0.4) is 0 Å². The molecule has 1 fully saturated rings. The van der Waals surface area contributed by atoms with Gasteiger partial charge in [-0.3, -0.25) is 9.69 Å². The van der Waals surface area contributed by atoms with Crippen molar-refractivity contribution >= 4 is 11.6 Å². The second kappa shape index (κ2) is 8.15. The Morgan fingerprint density at radius 2 is 2.05 bits per heavy atom. The van der Waals surface area contributed by atoms with Gasteiger partial charge in [0.05, 0.1) is 0 Å². The average molecular weight is 289 g/mol. The van der Waals surface area contributed by atoms with Crippen LogP contribution in [0.25, 0.3) is 0 Å². The molecule has 2 N–H and O–H groups in total. The van der Waals surface area contributed by atoms with E-state index in [1.807, 2.05) is 26.1 Å². The third-order valence-electron chi connectivity index (χ3n) is 4.01. The van der Waals surface area contributed by atoms with E-state index in [2.05, 4.69) is 27.7 Å². The third kappa shape index (κ3) is 5.14. The number of hydrogen-bond acceptors (Lipinski definition) is 3. The van der Waals surface area contributed by atoms with Gasteiger partial charge in [-0.2, -0.15) is 0 Å². The zero-order chi connectivity index (χ0) is 15.1. The van der Waals surface area contributed by atoms with Crippen molar-refractivity contribution in [3.05, 3.63) is 29.8 Å². The van der Waals surface area contributed by atoms with E-state index < -0.39 is 0 Å². The maximum absolute atomic E-state index is 12.0. The maximum Gasteiger partial charge on any atom is 0.228 e. The van der Waals surface area contributed by atoms with Gasteiger partial charge in [-0.15, -0.1) is 0 Å². The first kappa shape index (κ1) is 16.0. The van der Waals surface area contributed by atoms with Crippen molar-refractivity contribution in [3.63, 3.8) is 0 Å². The Balaban J connectivity index is 1.92. The van der Waals surface area contributed by atoms with Crippen LogP contribution in [0, 0.1) is 5.92 Å². The van der Waals surface area contributed by atoms with Gasteiger partial charge < -0.3 is 10.6 Å². The molecule has 1 unspecified atom stereocenters. The quantitative estimate of drug-likeness (QED) is 0.845. The predicted molar refractivity (Wildman–Crippen MR) is 87.3 cm³/mol. The van der Waals surface area contributed by atoms with Crippen molar-refractivity contribution in [2.45, 2.75) is 32.7 Å². The molecule has 0 saturated carbocycles. The minimum Gasteiger partial charge on any atom is -0.326 e. The van der Waals surface area contributed by atoms with Crippen LogP contribution in [0.1, 0.15) is 31.7 Å². The molecule has 0 spiro atoms. The first-order valence-electron chi connectivity index (χ1n) is 7.96. The highest BCUT2D eigenvalue weighted by Gasteiger charge is 2.13. The fourth-order valence-electron chi connectivity index (χ4n) is 2.79. The Bertz CT molecular complexity index is 455. The number of rotatable bonds is 6. The number of nitrogens with zero attached hydrogens (tertiary/aromatic N) is 1. The molecule has 0 radical (unpaired) electrons. The van der Waals surface area contributed by atoms with E-state index in [1.165, 1.54) is 37.9 Å². The number of likely N-dealkylation sites (tertiary alicyclic amines) is 1. The highest BCUT2D eigenvalue weighted by atomic mass is 16.1. The molecule has 4 heteroatoms. The molecular formula is C17H27N3O. The van der Waals surface area contributed by atoms with Crippen molar-refractivity contribution in [2.75, 3.05) is 32.0 Å². The Kier molecular flexibility index (Phi) is 6.21. The van der Waals surface area contributed by atoms with Gasteiger partial charge in [0, 0.05) is 24.7 Å². The SMILES string of the molecule is CNCC(C)C(=O)Nc1cccc(CN2CCCCC2)c1. The van der Waals surface area contributed by atoms with Crippen molar-refractivity contribution < 1.29 is 4.79 Å². The summed E-state index contributed by atoms with van der Waals surface area (Å²) in [5.41, 5.74) is 2.17. The van der Waals surface area contributed by atoms with Gasteiger partial charge in [-0.05, 0) is 50.7 Å². The van der Waals surface area contributed by atoms with Gasteiger partial charge in [0.1, 0.15) is 0 Å². The summed E-state index contributed by atoms with van der Waals surface area (Å²) in [5, 5.41) is 6.04. The monoisotopic (exact) mass is 289 g/mol. The van der Waals surface area contributed by atoms with Gasteiger partial charge in [0.15, 0.2) is 0 Å². The first-order valence-corrected chi connectivity index (χ1v) is 7.96. The van der Waals surface area contributed by atoms with Crippen LogP contribution in [0.15, 0.2) is 24.3 Å². The molecule has 0 aromatic heterocycles. The van der Waals surface area contributed by atoms with Crippen molar-refractivity contribution in [1.82, 2.24) is 10.2 Å². The van der Waals surface area contributed by atoms with Gasteiger partial charge in [0.25, 0.3) is 0 Å². The maximum atomic E-state index is 12.0. The molecule has 1 aromatic rings. The highest BCUT2D eigenvalue weighted by Crippen LogP contribution is 2.16. The largest absolute Gasteiger partial charge is 0.326 e. The lowest BCUT2D eigenvalue weighted by Gasteiger charge is -2.26. The molecule has 0 bridgehead atoms. The van der Waals surface area contributed by atoms with Crippen LogP contribution in [0.2, 0.25) is 0 Å². The average Bonchev–Trinajstić information content (AvgIpc) is 2.49. The van der Waals surface area contributed by atoms with Crippen LogP contribution in [0.5, 0.6) is 0 Å². The van der Waals surface area contributed by atoms with E-state index in [4.69, 9.17) is 0 Å². The first-order chi connectivity index (χ1) is 10.2. The molecule has 2 rings (SSSR count). The number of amides is 1. The summed E-state index contributed by atoms with van der Waals surface area (Å²) in [4.78, 5) is 14.5. The zero-order valence-electron chi connectivity index (χ0n) is 13.2. The second-order valence-electron chi connectivity index (χ2n) is 5.99. The molecule has 1 aliphatic heterocycles. The van der Waals surface area contributed by atoms with E-state index in [9.17, 15) is 4.79 Å². The van der Waals surface area contributed by atoms with Crippen LogP contribution in [-0.2, 0) is 11.3 Å². The van der Waals surface area contributed by atoms with Crippen LogP contribution >= 0.6 is 0 Å². The third-order valence-corrected chi connectivity index (χ3v) is 4.01. The molecule has 1 heterocycles. The lowest BCUT2D eigenvalue weighted by atomic mass is 10.1. The number of piperidine rings is 1. The number of benzene rings is 1. The molecule has 1 amide bonds. The topological polar surface area (TPSA) is 44.4 Å². The Morgan fingerprint density at radius 3 is 2.76 bits per heavy atom. The normalized spacial score (nSPS) is 17.4. The minimum atomic E-state index is -0.0271. The number of hydrogen-bond donors (Lipinski definition) is 2. The van der Waals surface area contributed by atoms with Crippen LogP contribution < -0.4 is 10.6 Å². The molecule has 4 nitrogen and oxygen atoms in total. The van der Waals surface area contributed by atoms with E-state index in [0.29, 0.717) is 6.54 Å². The fraction of sp³-hybridized carbons (Fsp3) is 0.588. The summed E-state index contributed by atoms with van der Waals surface area (Å²) < 4.78 is 0. The standard InChI is InChI=1S/C17H27N3O/c1-14(12-18-2)17(21)19-16-8-6-7-15(11-16)13-20-9-4-3-5-10-20/h6-8,11,14,18H,3-5,9-10,12-13H2,1-2H3,(H,19,21).